The molecule has 0 saturated heterocycles. The van der Waals surface area contributed by atoms with Crippen LogP contribution in [0.2, 0.25) is 0 Å². The molecule has 0 bridgehead atoms. The fourth-order valence-electron chi connectivity index (χ4n) is 1.90. The maximum Gasteiger partial charge on any atom is 0.268 e. The molecule has 0 radical (unpaired) electrons. The van der Waals surface area contributed by atoms with Gasteiger partial charge in [0.2, 0.25) is 4.73 Å². The van der Waals surface area contributed by atoms with Crippen LogP contribution in [0.15, 0.2) is 15.3 Å². The minimum atomic E-state index is 0.517. The Morgan fingerprint density at radius 1 is 1.33 bits per heavy atom. The molecule has 0 atom stereocenters. The highest BCUT2D eigenvalue weighted by Crippen LogP contribution is 2.35. The van der Waals surface area contributed by atoms with Crippen molar-refractivity contribution in [2.24, 2.45) is 0 Å². The Bertz CT molecular complexity index is 468. The Morgan fingerprint density at radius 3 is 2.93 bits per heavy atom. The number of aryl methyl sites for hydroxylation is 2. The molecule has 2 aromatic rings. The highest BCUT2D eigenvalue weighted by molar-refractivity contribution is 9.10. The first-order valence-corrected chi connectivity index (χ1v) is 6.55. The Morgan fingerprint density at radius 2 is 2.20 bits per heavy atom. The molecule has 0 N–H and O–H groups in total. The Labute approximate surface area is 99.6 Å². The topological polar surface area (TPSA) is 38.9 Å². The van der Waals surface area contributed by atoms with E-state index in [0.29, 0.717) is 10.6 Å². The predicted octanol–water partition coefficient (Wildman–Crippen LogP) is 3.44. The zero-order valence-corrected chi connectivity index (χ0v) is 10.4. The van der Waals surface area contributed by atoms with Gasteiger partial charge in [-0.1, -0.05) is 0 Å². The monoisotopic (exact) mass is 284 g/mol. The second-order valence-electron chi connectivity index (χ2n) is 3.63. The summed E-state index contributed by atoms with van der Waals surface area (Å²) in [5.74, 6) is 0.626. The van der Waals surface area contributed by atoms with Crippen LogP contribution < -0.4 is 0 Å². The van der Waals surface area contributed by atoms with Crippen LogP contribution in [0.4, 0.5) is 0 Å². The Kier molecular flexibility index (Phi) is 2.36. The summed E-state index contributed by atoms with van der Waals surface area (Å²) < 4.78 is 5.65. The SMILES string of the molecule is Brc1noc(-c2cc3c(s2)CCCC3)n1. The van der Waals surface area contributed by atoms with E-state index in [4.69, 9.17) is 4.52 Å². The molecule has 0 aliphatic heterocycles. The normalized spacial score (nSPS) is 15.3. The van der Waals surface area contributed by atoms with Crippen LogP contribution in [0.3, 0.4) is 0 Å². The molecule has 0 spiro atoms. The number of rotatable bonds is 1. The van der Waals surface area contributed by atoms with E-state index in [1.807, 2.05) is 0 Å². The van der Waals surface area contributed by atoms with Gasteiger partial charge in [0.05, 0.1) is 4.88 Å². The van der Waals surface area contributed by atoms with E-state index in [9.17, 15) is 0 Å². The minimum absolute atomic E-state index is 0.517. The molecule has 2 heterocycles. The van der Waals surface area contributed by atoms with Gasteiger partial charge in [0.25, 0.3) is 5.89 Å². The molecule has 3 nitrogen and oxygen atoms in total. The second kappa shape index (κ2) is 3.72. The smallest absolute Gasteiger partial charge is 0.268 e. The van der Waals surface area contributed by atoms with Crippen molar-refractivity contribution in [1.82, 2.24) is 10.1 Å². The van der Waals surface area contributed by atoms with Gasteiger partial charge < -0.3 is 4.52 Å². The first-order chi connectivity index (χ1) is 7.33. The standard InChI is InChI=1S/C10H9BrN2OS/c11-10-12-9(14-13-10)8-5-6-3-1-2-4-7(6)15-8/h5H,1-4H2. The number of fused-ring (bicyclic) bond motifs is 1. The number of hydrogen-bond donors (Lipinski definition) is 0. The number of hydrogen-bond acceptors (Lipinski definition) is 4. The van der Waals surface area contributed by atoms with Crippen molar-refractivity contribution >= 4 is 27.3 Å². The van der Waals surface area contributed by atoms with Crippen molar-refractivity contribution in [3.63, 3.8) is 0 Å². The van der Waals surface area contributed by atoms with Crippen LogP contribution in [0.1, 0.15) is 23.3 Å². The van der Waals surface area contributed by atoms with Crippen LogP contribution in [0, 0.1) is 0 Å². The van der Waals surface area contributed by atoms with Crippen LogP contribution in [-0.2, 0) is 12.8 Å². The van der Waals surface area contributed by atoms with Crippen LogP contribution >= 0.6 is 27.3 Å². The van der Waals surface area contributed by atoms with Gasteiger partial charge >= 0.3 is 0 Å². The highest BCUT2D eigenvalue weighted by Gasteiger charge is 2.17. The molecule has 0 saturated carbocycles. The van der Waals surface area contributed by atoms with Gasteiger partial charge in [-0.15, -0.1) is 11.3 Å². The molecule has 0 aromatic carbocycles. The quantitative estimate of drug-likeness (QED) is 0.805. The summed E-state index contributed by atoms with van der Waals surface area (Å²) in [4.78, 5) is 6.76. The highest BCUT2D eigenvalue weighted by atomic mass is 79.9. The zero-order chi connectivity index (χ0) is 10.3. The van der Waals surface area contributed by atoms with Gasteiger partial charge in [-0.2, -0.15) is 4.98 Å². The van der Waals surface area contributed by atoms with E-state index >= 15 is 0 Å². The summed E-state index contributed by atoms with van der Waals surface area (Å²) in [6.45, 7) is 0. The van der Waals surface area contributed by atoms with Gasteiger partial charge in [-0.25, -0.2) is 0 Å². The van der Waals surface area contributed by atoms with Gasteiger partial charge in [0.15, 0.2) is 0 Å². The maximum absolute atomic E-state index is 5.13. The van der Waals surface area contributed by atoms with Gasteiger partial charge in [0, 0.05) is 4.88 Å². The molecule has 0 unspecified atom stereocenters. The number of aromatic nitrogens is 2. The largest absolute Gasteiger partial charge is 0.332 e. The summed E-state index contributed by atoms with van der Waals surface area (Å²) in [5, 5.41) is 3.74. The number of halogens is 1. The molecule has 78 valence electrons. The average Bonchev–Trinajstić information content (AvgIpc) is 2.82. The predicted molar refractivity (Wildman–Crippen MR) is 62.0 cm³/mol. The van der Waals surface area contributed by atoms with Crippen molar-refractivity contribution in [2.45, 2.75) is 25.7 Å². The van der Waals surface area contributed by atoms with Crippen LogP contribution in [0.25, 0.3) is 10.8 Å². The molecule has 0 fully saturated rings. The first-order valence-electron chi connectivity index (χ1n) is 4.94. The van der Waals surface area contributed by atoms with E-state index in [-0.39, 0.29) is 0 Å². The zero-order valence-electron chi connectivity index (χ0n) is 7.99. The Hall–Kier alpha value is -0.680. The first kappa shape index (κ1) is 9.54. The van der Waals surface area contributed by atoms with E-state index in [2.05, 4.69) is 32.1 Å². The molecule has 15 heavy (non-hydrogen) atoms. The van der Waals surface area contributed by atoms with E-state index in [1.165, 1.54) is 36.1 Å². The van der Waals surface area contributed by atoms with E-state index in [1.54, 1.807) is 11.3 Å². The van der Waals surface area contributed by atoms with Crippen molar-refractivity contribution < 1.29 is 4.52 Å². The van der Waals surface area contributed by atoms with E-state index in [0.717, 1.165) is 4.88 Å². The fourth-order valence-corrected chi connectivity index (χ4v) is 3.31. The summed E-state index contributed by atoms with van der Waals surface area (Å²) in [7, 11) is 0. The van der Waals surface area contributed by atoms with Crippen molar-refractivity contribution in [3.05, 3.63) is 21.2 Å². The lowest BCUT2D eigenvalue weighted by Crippen LogP contribution is -1.96. The second-order valence-corrected chi connectivity index (χ2v) is 5.48. The molecular formula is C10H9BrN2OS. The Balaban J connectivity index is 2.02. The van der Waals surface area contributed by atoms with Crippen molar-refractivity contribution in [2.75, 3.05) is 0 Å². The summed E-state index contributed by atoms with van der Waals surface area (Å²) >= 11 is 4.97. The van der Waals surface area contributed by atoms with Crippen LogP contribution in [0.5, 0.6) is 0 Å². The molecule has 5 heteroatoms. The van der Waals surface area contributed by atoms with Crippen molar-refractivity contribution in [1.29, 1.82) is 0 Å². The molecule has 2 aromatic heterocycles. The molecular weight excluding hydrogens is 276 g/mol. The minimum Gasteiger partial charge on any atom is -0.332 e. The molecule has 1 aliphatic rings. The molecule has 3 rings (SSSR count). The van der Waals surface area contributed by atoms with E-state index < -0.39 is 0 Å². The number of thiophene rings is 1. The van der Waals surface area contributed by atoms with Crippen molar-refractivity contribution in [3.8, 4) is 10.8 Å². The fraction of sp³-hybridized carbons (Fsp3) is 0.400. The lowest BCUT2D eigenvalue weighted by Gasteiger charge is -2.08. The maximum atomic E-state index is 5.13. The average molecular weight is 285 g/mol. The molecule has 0 amide bonds. The van der Waals surface area contributed by atoms with Crippen LogP contribution in [-0.4, -0.2) is 10.1 Å². The summed E-state index contributed by atoms with van der Waals surface area (Å²) in [5.41, 5.74) is 1.47. The third-order valence-corrected chi connectivity index (χ3v) is 4.16. The third-order valence-electron chi connectivity index (χ3n) is 2.61. The summed E-state index contributed by atoms with van der Waals surface area (Å²) in [6.07, 6.45) is 5.01. The lowest BCUT2D eigenvalue weighted by atomic mass is 9.99. The summed E-state index contributed by atoms with van der Waals surface area (Å²) in [6, 6.07) is 2.19. The van der Waals surface area contributed by atoms with Gasteiger partial charge in [-0.3, -0.25) is 0 Å². The number of nitrogens with zero attached hydrogens (tertiary/aromatic N) is 2. The lowest BCUT2D eigenvalue weighted by molar-refractivity contribution is 0.427. The third kappa shape index (κ3) is 1.74. The molecule has 1 aliphatic carbocycles. The van der Waals surface area contributed by atoms with Gasteiger partial charge in [-0.05, 0) is 58.4 Å². The van der Waals surface area contributed by atoms with Gasteiger partial charge in [0.1, 0.15) is 0 Å².